The van der Waals surface area contributed by atoms with Crippen LogP contribution in [0.2, 0.25) is 0 Å². The van der Waals surface area contributed by atoms with Gasteiger partial charge in [-0.2, -0.15) is 0 Å². The predicted octanol–water partition coefficient (Wildman–Crippen LogP) is 3.88. The van der Waals surface area contributed by atoms with E-state index in [4.69, 9.17) is 9.73 Å². The van der Waals surface area contributed by atoms with E-state index in [2.05, 4.69) is 26.1 Å². The summed E-state index contributed by atoms with van der Waals surface area (Å²) in [5.74, 6) is -0.182. The van der Waals surface area contributed by atoms with Crippen molar-refractivity contribution in [2.24, 2.45) is 10.9 Å². The number of carbonyl (C=O) groups excluding carboxylic acids is 2. The molecule has 0 amide bonds. The summed E-state index contributed by atoms with van der Waals surface area (Å²) in [5, 5.41) is 12.4. The van der Waals surface area contributed by atoms with Crippen molar-refractivity contribution in [1.82, 2.24) is 5.32 Å². The Balaban J connectivity index is 1.69. The third-order valence-corrected chi connectivity index (χ3v) is 6.04. The van der Waals surface area contributed by atoms with Crippen LogP contribution in [-0.4, -0.2) is 35.5 Å². The van der Waals surface area contributed by atoms with Gasteiger partial charge in [0, 0.05) is 35.0 Å². The van der Waals surface area contributed by atoms with E-state index in [0.717, 1.165) is 5.56 Å². The third-order valence-electron chi connectivity index (χ3n) is 6.04. The zero-order valence-electron chi connectivity index (χ0n) is 18.2. The summed E-state index contributed by atoms with van der Waals surface area (Å²) < 4.78 is 6.23. The molecule has 0 radical (unpaired) electrons. The zero-order chi connectivity index (χ0) is 22.6. The molecule has 0 bridgehead atoms. The molecule has 5 rings (SSSR count). The van der Waals surface area contributed by atoms with E-state index in [1.54, 1.807) is 30.3 Å². The van der Waals surface area contributed by atoms with Crippen molar-refractivity contribution in [1.29, 1.82) is 0 Å². The second-order valence-corrected chi connectivity index (χ2v) is 9.19. The lowest BCUT2D eigenvalue weighted by atomic mass is 9.72. The van der Waals surface area contributed by atoms with Gasteiger partial charge in [-0.25, -0.2) is 4.99 Å². The molecular weight excluding hydrogens is 404 g/mol. The summed E-state index contributed by atoms with van der Waals surface area (Å²) in [5.41, 5.74) is 3.75. The van der Waals surface area contributed by atoms with Crippen molar-refractivity contribution in [2.45, 2.75) is 26.2 Å². The van der Waals surface area contributed by atoms with Gasteiger partial charge in [-0.1, -0.05) is 51.1 Å². The van der Waals surface area contributed by atoms with Crippen LogP contribution >= 0.6 is 0 Å². The van der Waals surface area contributed by atoms with Crippen LogP contribution in [0.3, 0.4) is 0 Å². The number of ketones is 2. The van der Waals surface area contributed by atoms with Gasteiger partial charge in [0.15, 0.2) is 23.1 Å². The number of rotatable bonds is 3. The van der Waals surface area contributed by atoms with Crippen molar-refractivity contribution >= 4 is 23.0 Å². The molecule has 2 aliphatic carbocycles. The summed E-state index contributed by atoms with van der Waals surface area (Å²) in [7, 11) is 0. The molecule has 3 aliphatic rings. The molecule has 0 saturated carbocycles. The Morgan fingerprint density at radius 3 is 2.56 bits per heavy atom. The Morgan fingerprint density at radius 1 is 1.09 bits per heavy atom. The van der Waals surface area contributed by atoms with Gasteiger partial charge in [0.25, 0.3) is 0 Å². The van der Waals surface area contributed by atoms with Gasteiger partial charge in [-0.15, -0.1) is 0 Å². The molecule has 162 valence electrons. The first-order valence-electron chi connectivity index (χ1n) is 10.7. The lowest BCUT2D eigenvalue weighted by molar-refractivity contribution is 0.0908. The number of aliphatic hydroxyl groups is 1. The van der Waals surface area contributed by atoms with Gasteiger partial charge in [-0.05, 0) is 23.1 Å². The molecule has 0 aromatic heterocycles. The van der Waals surface area contributed by atoms with Crippen LogP contribution in [-0.2, 0) is 5.41 Å². The van der Waals surface area contributed by atoms with Crippen molar-refractivity contribution in [2.75, 3.05) is 13.2 Å². The van der Waals surface area contributed by atoms with E-state index in [1.165, 1.54) is 0 Å². The van der Waals surface area contributed by atoms with Gasteiger partial charge in [-0.3, -0.25) is 9.59 Å². The average Bonchev–Trinajstić information content (AvgIpc) is 2.78. The first-order valence-corrected chi connectivity index (χ1v) is 10.7. The molecule has 1 heterocycles. The van der Waals surface area contributed by atoms with E-state index in [1.807, 2.05) is 18.2 Å². The van der Waals surface area contributed by atoms with Crippen LogP contribution in [0.5, 0.6) is 5.75 Å². The minimum absolute atomic E-state index is 0.0558. The number of carbonyl (C=O) groups is 2. The molecule has 1 aliphatic heterocycles. The fraction of sp³-hybridized carbons (Fsp3) is 0.269. The van der Waals surface area contributed by atoms with Crippen LogP contribution in [0.1, 0.15) is 47.1 Å². The molecule has 6 heteroatoms. The van der Waals surface area contributed by atoms with Crippen molar-refractivity contribution < 1.29 is 19.4 Å². The molecule has 2 aromatic rings. The van der Waals surface area contributed by atoms with Crippen molar-refractivity contribution in [3.63, 3.8) is 0 Å². The second-order valence-electron chi connectivity index (χ2n) is 9.19. The Hall–Kier alpha value is -3.51. The monoisotopic (exact) mass is 428 g/mol. The lowest BCUT2D eigenvalue weighted by Gasteiger charge is -2.34. The summed E-state index contributed by atoms with van der Waals surface area (Å²) in [6, 6.07) is 12.7. The fourth-order valence-corrected chi connectivity index (χ4v) is 4.36. The first kappa shape index (κ1) is 20.4. The Morgan fingerprint density at radius 2 is 1.84 bits per heavy atom. The highest BCUT2D eigenvalue weighted by atomic mass is 16.5. The molecule has 1 unspecified atom stereocenters. The third kappa shape index (κ3) is 3.10. The number of nitrogens with zero attached hydrogens (tertiary/aromatic N) is 1. The smallest absolute Gasteiger partial charge is 0.192 e. The quantitative estimate of drug-likeness (QED) is 0.775. The highest BCUT2D eigenvalue weighted by molar-refractivity contribution is 6.33. The Bertz CT molecular complexity index is 1260. The SMILES string of the molecule is CC(C)(C)c1ccc2c(c1)OC1=CC(NCCO)=C3C(=O)c4ccccc4C(=O)C3C1=N2. The standard InChI is InChI=1S/C26H24N2O4/c1-26(2,3)14-8-9-17-19(12-14)32-20-13-18(27-10-11-29)21-22(23(20)28-17)25(31)16-7-5-4-6-15(16)24(21)30/h4-9,12-13,22,27,29H,10-11H2,1-3H3. The highest BCUT2D eigenvalue weighted by Crippen LogP contribution is 2.44. The maximum absolute atomic E-state index is 13.5. The number of benzene rings is 2. The molecule has 32 heavy (non-hydrogen) atoms. The maximum Gasteiger partial charge on any atom is 0.192 e. The Labute approximate surface area is 186 Å². The number of ether oxygens (including phenoxy) is 1. The van der Waals surface area contributed by atoms with Crippen LogP contribution in [0.4, 0.5) is 5.69 Å². The zero-order valence-corrected chi connectivity index (χ0v) is 18.2. The van der Waals surface area contributed by atoms with E-state index < -0.39 is 5.92 Å². The predicted molar refractivity (Wildman–Crippen MR) is 122 cm³/mol. The number of hydrogen-bond acceptors (Lipinski definition) is 6. The molecule has 2 N–H and O–H groups in total. The number of Topliss-reactive ketones (excluding diaryl/α,β-unsaturated/α-hetero) is 2. The van der Waals surface area contributed by atoms with Gasteiger partial charge in [0.1, 0.15) is 5.69 Å². The molecular formula is C26H24N2O4. The molecule has 0 spiro atoms. The molecule has 2 aromatic carbocycles. The largest absolute Gasteiger partial charge is 0.453 e. The minimum atomic E-state index is -0.853. The first-order chi connectivity index (χ1) is 15.3. The summed E-state index contributed by atoms with van der Waals surface area (Å²) in [4.78, 5) is 31.7. The molecule has 0 saturated heterocycles. The Kier molecular flexibility index (Phi) is 4.64. The van der Waals surface area contributed by atoms with E-state index in [0.29, 0.717) is 45.3 Å². The number of fused-ring (bicyclic) bond motifs is 5. The van der Waals surface area contributed by atoms with Crippen LogP contribution in [0.25, 0.3) is 0 Å². The second kappa shape index (κ2) is 7.28. The molecule has 1 atom stereocenters. The van der Waals surface area contributed by atoms with Gasteiger partial charge in [0.2, 0.25) is 0 Å². The summed E-state index contributed by atoms with van der Waals surface area (Å²) in [6.45, 7) is 6.52. The number of allylic oxidation sites excluding steroid dienone is 3. The van der Waals surface area contributed by atoms with Crippen LogP contribution in [0.15, 0.2) is 70.6 Å². The minimum Gasteiger partial charge on any atom is -0.453 e. The van der Waals surface area contributed by atoms with Crippen LogP contribution in [0, 0.1) is 5.92 Å². The number of hydrogen-bond donors (Lipinski definition) is 2. The number of aliphatic hydroxyl groups excluding tert-OH is 1. The van der Waals surface area contributed by atoms with E-state index in [9.17, 15) is 14.7 Å². The number of nitrogens with one attached hydrogen (secondary N) is 1. The molecule has 0 fully saturated rings. The maximum atomic E-state index is 13.5. The van der Waals surface area contributed by atoms with E-state index >= 15 is 0 Å². The average molecular weight is 428 g/mol. The lowest BCUT2D eigenvalue weighted by Crippen LogP contribution is -2.42. The van der Waals surface area contributed by atoms with Crippen molar-refractivity contribution in [3.05, 3.63) is 82.3 Å². The van der Waals surface area contributed by atoms with Crippen molar-refractivity contribution in [3.8, 4) is 5.75 Å². The highest BCUT2D eigenvalue weighted by Gasteiger charge is 2.46. The van der Waals surface area contributed by atoms with Gasteiger partial charge < -0.3 is 15.2 Å². The number of aliphatic imine (C=N–C) groups is 1. The van der Waals surface area contributed by atoms with Gasteiger partial charge >= 0.3 is 0 Å². The topological polar surface area (TPSA) is 88.0 Å². The normalized spacial score (nSPS) is 19.2. The van der Waals surface area contributed by atoms with E-state index in [-0.39, 0.29) is 30.1 Å². The van der Waals surface area contributed by atoms with Crippen LogP contribution < -0.4 is 10.1 Å². The fourth-order valence-electron chi connectivity index (χ4n) is 4.36. The summed E-state index contributed by atoms with van der Waals surface area (Å²) >= 11 is 0. The molecule has 6 nitrogen and oxygen atoms in total. The van der Waals surface area contributed by atoms with Gasteiger partial charge in [0.05, 0.1) is 18.2 Å². The summed E-state index contributed by atoms with van der Waals surface area (Å²) in [6.07, 6.45) is 1.71.